The summed E-state index contributed by atoms with van der Waals surface area (Å²) in [5, 5.41) is 1.96. The van der Waals surface area contributed by atoms with Gasteiger partial charge in [0.15, 0.2) is 11.5 Å². The Labute approximate surface area is 229 Å². The minimum Gasteiger partial charge on any atom is -0.462 e. The summed E-state index contributed by atoms with van der Waals surface area (Å²) in [5.74, 6) is 2.14. The van der Waals surface area contributed by atoms with E-state index in [4.69, 9.17) is 14.2 Å². The number of amides is 1. The van der Waals surface area contributed by atoms with Gasteiger partial charge in [-0.1, -0.05) is 102 Å². The molecule has 3 aliphatic rings. The fourth-order valence-electron chi connectivity index (χ4n) is 5.94. The number of carbonyl (C=O) groups is 1. The summed E-state index contributed by atoms with van der Waals surface area (Å²) in [7, 11) is 0. The molecule has 0 radical (unpaired) electrons. The molecule has 0 atom stereocenters. The molecular weight excluding hydrogens is 485 g/mol. The summed E-state index contributed by atoms with van der Waals surface area (Å²) in [5.41, 5.74) is 5.47. The minimum atomic E-state index is -0.496. The molecule has 0 N–H and O–H groups in total. The summed E-state index contributed by atoms with van der Waals surface area (Å²) >= 11 is 0. The lowest BCUT2D eigenvalue weighted by Crippen LogP contribution is -2.58. The number of carbonyl (C=O) groups excluding carboxylic acids is 1. The van der Waals surface area contributed by atoms with Crippen molar-refractivity contribution in [3.05, 3.63) is 95.5 Å². The van der Waals surface area contributed by atoms with Gasteiger partial charge in [-0.15, -0.1) is 0 Å². The van der Waals surface area contributed by atoms with Gasteiger partial charge in [0, 0.05) is 5.39 Å². The van der Waals surface area contributed by atoms with Crippen LogP contribution in [0.15, 0.2) is 84.3 Å². The molecule has 4 aromatic rings. The first kappa shape index (κ1) is 23.9. The first-order chi connectivity index (χ1) is 18.5. The highest BCUT2D eigenvalue weighted by Gasteiger charge is 2.50. The number of para-hydroxylation sites is 2. The van der Waals surface area contributed by atoms with Crippen molar-refractivity contribution in [2.75, 3.05) is 4.90 Å². The number of anilines is 1. The molecule has 7 rings (SSSR count). The molecule has 0 unspecified atom stereocenters. The molecular formula is C33H30BNO4. The third-order valence-corrected chi connectivity index (χ3v) is 7.87. The van der Waals surface area contributed by atoms with Crippen molar-refractivity contribution in [3.8, 4) is 17.2 Å². The maximum absolute atomic E-state index is 13.9. The van der Waals surface area contributed by atoms with E-state index in [-0.39, 0.29) is 17.5 Å². The van der Waals surface area contributed by atoms with E-state index < -0.39 is 6.09 Å². The van der Waals surface area contributed by atoms with Crippen LogP contribution in [0.4, 0.5) is 10.5 Å². The third-order valence-electron chi connectivity index (χ3n) is 7.87. The smallest absolute Gasteiger partial charge is 0.426 e. The summed E-state index contributed by atoms with van der Waals surface area (Å²) in [6, 6.07) is 24.4. The average molecular weight is 515 g/mol. The first-order valence-electron chi connectivity index (χ1n) is 13.4. The van der Waals surface area contributed by atoms with Crippen LogP contribution in [0.1, 0.15) is 52.7 Å². The Balaban J connectivity index is 1.63. The Hall–Kier alpha value is -4.19. The van der Waals surface area contributed by atoms with Gasteiger partial charge >= 0.3 is 6.09 Å². The van der Waals surface area contributed by atoms with Crippen LogP contribution in [0.2, 0.25) is 0 Å². The molecule has 0 bridgehead atoms. The predicted octanol–water partition coefficient (Wildman–Crippen LogP) is 6.56. The van der Waals surface area contributed by atoms with Gasteiger partial charge in [0.25, 0.3) is 6.71 Å². The number of rotatable bonds is 1. The van der Waals surface area contributed by atoms with Crippen LogP contribution >= 0.6 is 0 Å². The van der Waals surface area contributed by atoms with Crippen molar-refractivity contribution < 1.29 is 19.0 Å². The molecule has 5 nitrogen and oxygen atoms in total. The molecule has 0 saturated heterocycles. The fourth-order valence-corrected chi connectivity index (χ4v) is 5.94. The van der Waals surface area contributed by atoms with E-state index in [1.54, 1.807) is 4.90 Å². The molecule has 39 heavy (non-hydrogen) atoms. The Kier molecular flexibility index (Phi) is 4.85. The second-order valence-electron chi connectivity index (χ2n) is 12.6. The number of ether oxygens (including phenoxy) is 3. The molecule has 0 aromatic heterocycles. The van der Waals surface area contributed by atoms with E-state index in [0.717, 1.165) is 38.5 Å². The molecule has 0 fully saturated rings. The normalized spacial score (nSPS) is 15.9. The van der Waals surface area contributed by atoms with E-state index in [0.29, 0.717) is 28.8 Å². The SMILES string of the molecule is CC(C)(C)c1cc2c3c4c(c(C(C)(C)C)cc3c1)B(c1ccccc1)C1=C(Oc3ccccc3O1)N4C(=O)O2. The number of benzene rings is 4. The van der Waals surface area contributed by atoms with Gasteiger partial charge in [-0.05, 0) is 51.0 Å². The van der Waals surface area contributed by atoms with E-state index in [9.17, 15) is 4.79 Å². The maximum Gasteiger partial charge on any atom is 0.426 e. The van der Waals surface area contributed by atoms with Gasteiger partial charge < -0.3 is 14.2 Å². The Morgan fingerprint density at radius 3 is 2.05 bits per heavy atom. The molecule has 1 amide bonds. The summed E-state index contributed by atoms with van der Waals surface area (Å²) in [4.78, 5) is 15.5. The predicted molar refractivity (Wildman–Crippen MR) is 156 cm³/mol. The monoisotopic (exact) mass is 515 g/mol. The van der Waals surface area contributed by atoms with Crippen LogP contribution < -0.4 is 30.0 Å². The van der Waals surface area contributed by atoms with Gasteiger partial charge in [0.2, 0.25) is 5.88 Å². The summed E-state index contributed by atoms with van der Waals surface area (Å²) in [6.07, 6.45) is -0.496. The van der Waals surface area contributed by atoms with Crippen LogP contribution in [-0.2, 0) is 10.8 Å². The Morgan fingerprint density at radius 2 is 1.38 bits per heavy atom. The van der Waals surface area contributed by atoms with Crippen LogP contribution in [0.5, 0.6) is 17.2 Å². The summed E-state index contributed by atoms with van der Waals surface area (Å²) < 4.78 is 19.1. The average Bonchev–Trinajstić information content (AvgIpc) is 2.89. The lowest BCUT2D eigenvalue weighted by molar-refractivity contribution is 0.201. The van der Waals surface area contributed by atoms with Crippen LogP contribution in [-0.4, -0.2) is 12.8 Å². The Bertz CT molecular complexity index is 1730. The lowest BCUT2D eigenvalue weighted by atomic mass is 9.36. The topological polar surface area (TPSA) is 48.0 Å². The molecule has 4 aromatic carbocycles. The summed E-state index contributed by atoms with van der Waals surface area (Å²) in [6.45, 7) is 12.9. The van der Waals surface area contributed by atoms with Crippen molar-refractivity contribution in [2.24, 2.45) is 0 Å². The van der Waals surface area contributed by atoms with E-state index in [1.807, 2.05) is 48.5 Å². The molecule has 6 heteroatoms. The zero-order chi connectivity index (χ0) is 27.3. The van der Waals surface area contributed by atoms with Crippen molar-refractivity contribution in [1.82, 2.24) is 0 Å². The second kappa shape index (κ2) is 7.92. The first-order valence-corrected chi connectivity index (χ1v) is 13.4. The van der Waals surface area contributed by atoms with Crippen molar-refractivity contribution in [2.45, 2.75) is 52.4 Å². The van der Waals surface area contributed by atoms with Crippen molar-refractivity contribution in [1.29, 1.82) is 0 Å². The van der Waals surface area contributed by atoms with E-state index in [2.05, 4.69) is 65.8 Å². The Morgan fingerprint density at radius 1 is 0.718 bits per heavy atom. The highest BCUT2D eigenvalue weighted by molar-refractivity contribution is 6.92. The van der Waals surface area contributed by atoms with Crippen molar-refractivity contribution >= 4 is 40.2 Å². The highest BCUT2D eigenvalue weighted by Crippen LogP contribution is 2.49. The van der Waals surface area contributed by atoms with Gasteiger partial charge in [-0.2, -0.15) is 0 Å². The third kappa shape index (κ3) is 3.51. The maximum atomic E-state index is 13.9. The number of fused-ring (bicyclic) bond motifs is 2. The minimum absolute atomic E-state index is 0.113. The lowest BCUT2D eigenvalue weighted by Gasteiger charge is -2.42. The molecule has 0 saturated carbocycles. The van der Waals surface area contributed by atoms with Gasteiger partial charge in [0.1, 0.15) is 11.4 Å². The van der Waals surface area contributed by atoms with E-state index in [1.165, 1.54) is 0 Å². The van der Waals surface area contributed by atoms with Crippen LogP contribution in [0, 0.1) is 0 Å². The zero-order valence-corrected chi connectivity index (χ0v) is 23.1. The number of nitrogens with zero attached hydrogens (tertiary/aromatic N) is 1. The van der Waals surface area contributed by atoms with Gasteiger partial charge in [0.05, 0.1) is 5.69 Å². The molecule has 0 spiro atoms. The second-order valence-corrected chi connectivity index (χ2v) is 12.6. The van der Waals surface area contributed by atoms with Crippen LogP contribution in [0.25, 0.3) is 10.8 Å². The molecule has 194 valence electrons. The van der Waals surface area contributed by atoms with Crippen LogP contribution in [0.3, 0.4) is 0 Å². The fraction of sp³-hybridized carbons (Fsp3) is 0.242. The zero-order valence-electron chi connectivity index (χ0n) is 23.1. The quantitative estimate of drug-likeness (QED) is 0.270. The highest BCUT2D eigenvalue weighted by atomic mass is 16.6. The van der Waals surface area contributed by atoms with Crippen molar-refractivity contribution in [3.63, 3.8) is 0 Å². The molecule has 3 aliphatic heterocycles. The number of hydrogen-bond donors (Lipinski definition) is 0. The molecule has 0 aliphatic carbocycles. The van der Waals surface area contributed by atoms with Gasteiger partial charge in [-0.25, -0.2) is 9.69 Å². The largest absolute Gasteiger partial charge is 0.462 e. The number of hydrogen-bond acceptors (Lipinski definition) is 4. The molecule has 3 heterocycles. The van der Waals surface area contributed by atoms with E-state index >= 15 is 0 Å². The van der Waals surface area contributed by atoms with Gasteiger partial charge in [-0.3, -0.25) is 0 Å². The standard InChI is InChI=1S/C33H30BNO4/c1-32(2,3)20-16-19-17-22(33(4,5)6)27-28-26(19)25(18-20)39-31(36)35(28)30-29(34(27)21-12-8-7-9-13-21)37-23-14-10-11-15-24(23)38-30/h7-18H,1-6H3.